The van der Waals surface area contributed by atoms with Crippen molar-refractivity contribution in [3.63, 3.8) is 0 Å². The third-order valence-electron chi connectivity index (χ3n) is 2.38. The Bertz CT molecular complexity index is 476. The summed E-state index contributed by atoms with van der Waals surface area (Å²) in [6.45, 7) is 3.47. The molecule has 0 aromatic carbocycles. The Morgan fingerprint density at radius 1 is 1.26 bits per heavy atom. The number of hydrogen-bond donors (Lipinski definition) is 2. The summed E-state index contributed by atoms with van der Waals surface area (Å²) >= 11 is 6.03. The molecule has 104 valence electrons. The Kier molecular flexibility index (Phi) is 5.05. The Morgan fingerprint density at radius 2 is 1.79 bits per heavy atom. The number of aromatic nitrogens is 2. The molecule has 0 spiro atoms. The number of carbonyl (C=O) groups excluding carboxylic acids is 2. The molecule has 0 fully saturated rings. The summed E-state index contributed by atoms with van der Waals surface area (Å²) in [6, 6.07) is 0. The van der Waals surface area contributed by atoms with E-state index in [2.05, 4.69) is 9.97 Å². The first kappa shape index (κ1) is 15.2. The average Bonchev–Trinajstić information content (AvgIpc) is 2.25. The Morgan fingerprint density at radius 3 is 2.21 bits per heavy atom. The zero-order valence-electron chi connectivity index (χ0n) is 10.8. The van der Waals surface area contributed by atoms with Gasteiger partial charge in [-0.25, -0.2) is 9.97 Å². The Hall–Kier alpha value is -1.89. The molecule has 1 aromatic rings. The molecular formula is C11H16ClN5O2. The Balaban J connectivity index is 3.24. The van der Waals surface area contributed by atoms with E-state index in [4.69, 9.17) is 23.1 Å². The first-order valence-electron chi connectivity index (χ1n) is 5.64. The van der Waals surface area contributed by atoms with Gasteiger partial charge in [0.25, 0.3) is 0 Å². The van der Waals surface area contributed by atoms with Crippen LogP contribution in [0.25, 0.3) is 0 Å². The molecule has 0 unspecified atom stereocenters. The Labute approximate surface area is 115 Å². The van der Waals surface area contributed by atoms with Crippen molar-refractivity contribution in [1.82, 2.24) is 9.97 Å². The molecule has 0 aliphatic rings. The molecule has 4 N–H and O–H groups in total. The standard InChI is InChI=1S/C11H16ClN5O2/c1-6(2)9-10(12)15-5-16-11(9)17(3-7(13)18)4-8(14)19/h5-6H,3-4H2,1-2H3,(H2,13,18)(H2,14,19). The smallest absolute Gasteiger partial charge is 0.237 e. The first-order valence-corrected chi connectivity index (χ1v) is 6.02. The summed E-state index contributed by atoms with van der Waals surface area (Å²) in [4.78, 5) is 31.5. The number of halogens is 1. The second-order valence-corrected chi connectivity index (χ2v) is 4.70. The predicted molar refractivity (Wildman–Crippen MR) is 71.7 cm³/mol. The summed E-state index contributed by atoms with van der Waals surface area (Å²) in [5.74, 6) is -0.768. The van der Waals surface area contributed by atoms with Gasteiger partial charge in [0.05, 0.1) is 13.1 Å². The number of primary amides is 2. The van der Waals surface area contributed by atoms with Crippen molar-refractivity contribution >= 4 is 29.2 Å². The molecule has 2 amide bonds. The highest BCUT2D eigenvalue weighted by Gasteiger charge is 2.21. The monoisotopic (exact) mass is 285 g/mol. The van der Waals surface area contributed by atoms with Gasteiger partial charge in [0.1, 0.15) is 17.3 Å². The van der Waals surface area contributed by atoms with Crippen LogP contribution in [0.1, 0.15) is 25.3 Å². The molecule has 7 nitrogen and oxygen atoms in total. The normalized spacial score (nSPS) is 10.5. The van der Waals surface area contributed by atoms with Crippen molar-refractivity contribution in [3.8, 4) is 0 Å². The number of nitrogens with two attached hydrogens (primary N) is 2. The van der Waals surface area contributed by atoms with Gasteiger partial charge in [-0.15, -0.1) is 0 Å². The van der Waals surface area contributed by atoms with E-state index in [0.29, 0.717) is 11.4 Å². The van der Waals surface area contributed by atoms with E-state index in [1.54, 1.807) is 0 Å². The minimum atomic E-state index is -0.592. The molecule has 1 rings (SSSR count). The maximum Gasteiger partial charge on any atom is 0.237 e. The fourth-order valence-corrected chi connectivity index (χ4v) is 2.04. The summed E-state index contributed by atoms with van der Waals surface area (Å²) in [6.07, 6.45) is 1.26. The first-order chi connectivity index (χ1) is 8.82. The molecule has 0 saturated carbocycles. The van der Waals surface area contributed by atoms with Crippen LogP contribution in [0.5, 0.6) is 0 Å². The lowest BCUT2D eigenvalue weighted by molar-refractivity contribution is -0.117. The third kappa shape index (κ3) is 4.06. The van der Waals surface area contributed by atoms with Crippen LogP contribution in [-0.4, -0.2) is 34.9 Å². The minimum Gasteiger partial charge on any atom is -0.368 e. The summed E-state index contributed by atoms with van der Waals surface area (Å²) in [5.41, 5.74) is 11.0. The number of nitrogens with zero attached hydrogens (tertiary/aromatic N) is 3. The number of hydrogen-bond acceptors (Lipinski definition) is 5. The van der Waals surface area contributed by atoms with Crippen LogP contribution >= 0.6 is 11.6 Å². The SMILES string of the molecule is CC(C)c1c(Cl)ncnc1N(CC(N)=O)CC(N)=O. The van der Waals surface area contributed by atoms with E-state index in [9.17, 15) is 9.59 Å². The van der Waals surface area contributed by atoms with E-state index in [1.807, 2.05) is 13.8 Å². The van der Waals surface area contributed by atoms with Crippen LogP contribution in [0, 0.1) is 0 Å². The van der Waals surface area contributed by atoms with Crippen molar-refractivity contribution in [3.05, 3.63) is 17.0 Å². The van der Waals surface area contributed by atoms with Crippen LogP contribution in [0.3, 0.4) is 0 Å². The van der Waals surface area contributed by atoms with Crippen molar-refractivity contribution < 1.29 is 9.59 Å². The maximum absolute atomic E-state index is 11.1. The zero-order valence-corrected chi connectivity index (χ0v) is 11.5. The van der Waals surface area contributed by atoms with Gasteiger partial charge in [-0.2, -0.15) is 0 Å². The fourth-order valence-electron chi connectivity index (χ4n) is 1.70. The van der Waals surface area contributed by atoms with Gasteiger partial charge in [0.2, 0.25) is 11.8 Å². The van der Waals surface area contributed by atoms with Gasteiger partial charge < -0.3 is 16.4 Å². The number of amides is 2. The minimum absolute atomic E-state index is 0.0203. The quantitative estimate of drug-likeness (QED) is 0.716. The lowest BCUT2D eigenvalue weighted by atomic mass is 10.1. The summed E-state index contributed by atoms with van der Waals surface area (Å²) in [5, 5.41) is 0.277. The number of anilines is 1. The topological polar surface area (TPSA) is 115 Å². The highest BCUT2D eigenvalue weighted by atomic mass is 35.5. The van der Waals surface area contributed by atoms with Crippen LogP contribution < -0.4 is 16.4 Å². The van der Waals surface area contributed by atoms with Crippen molar-refractivity contribution in [2.75, 3.05) is 18.0 Å². The van der Waals surface area contributed by atoms with Gasteiger partial charge in [0.15, 0.2) is 0 Å². The van der Waals surface area contributed by atoms with Crippen molar-refractivity contribution in [2.45, 2.75) is 19.8 Å². The molecule has 0 atom stereocenters. The molecule has 0 aliphatic carbocycles. The van der Waals surface area contributed by atoms with E-state index < -0.39 is 11.8 Å². The molecule has 0 saturated heterocycles. The largest absolute Gasteiger partial charge is 0.368 e. The van der Waals surface area contributed by atoms with Gasteiger partial charge in [0, 0.05) is 5.56 Å². The molecule has 0 aliphatic heterocycles. The molecule has 0 bridgehead atoms. The molecule has 1 aromatic heterocycles. The molecule has 8 heteroatoms. The van der Waals surface area contributed by atoms with Crippen LogP contribution in [0.2, 0.25) is 5.15 Å². The zero-order chi connectivity index (χ0) is 14.6. The van der Waals surface area contributed by atoms with Gasteiger partial charge in [-0.1, -0.05) is 25.4 Å². The maximum atomic E-state index is 11.1. The van der Waals surface area contributed by atoms with Gasteiger partial charge >= 0.3 is 0 Å². The summed E-state index contributed by atoms with van der Waals surface area (Å²) in [7, 11) is 0. The van der Waals surface area contributed by atoms with Crippen LogP contribution in [-0.2, 0) is 9.59 Å². The highest BCUT2D eigenvalue weighted by molar-refractivity contribution is 6.30. The van der Waals surface area contributed by atoms with E-state index in [0.717, 1.165) is 0 Å². The van der Waals surface area contributed by atoms with E-state index >= 15 is 0 Å². The van der Waals surface area contributed by atoms with Gasteiger partial charge in [-0.05, 0) is 5.92 Å². The van der Waals surface area contributed by atoms with E-state index in [-0.39, 0.29) is 24.2 Å². The lowest BCUT2D eigenvalue weighted by Crippen LogP contribution is -2.40. The average molecular weight is 286 g/mol. The summed E-state index contributed by atoms with van der Waals surface area (Å²) < 4.78 is 0. The number of rotatable bonds is 6. The fraction of sp³-hybridized carbons (Fsp3) is 0.455. The lowest BCUT2D eigenvalue weighted by Gasteiger charge is -2.24. The third-order valence-corrected chi connectivity index (χ3v) is 2.69. The predicted octanol–water partition coefficient (Wildman–Crippen LogP) is 0.0304. The molecule has 1 heterocycles. The second kappa shape index (κ2) is 6.33. The molecule has 19 heavy (non-hydrogen) atoms. The van der Waals surface area contributed by atoms with Crippen molar-refractivity contribution in [2.24, 2.45) is 11.5 Å². The highest BCUT2D eigenvalue weighted by Crippen LogP contribution is 2.30. The van der Waals surface area contributed by atoms with Crippen molar-refractivity contribution in [1.29, 1.82) is 0 Å². The van der Waals surface area contributed by atoms with Crippen LogP contribution in [0.4, 0.5) is 5.82 Å². The van der Waals surface area contributed by atoms with E-state index in [1.165, 1.54) is 11.2 Å². The van der Waals surface area contributed by atoms with Gasteiger partial charge in [-0.3, -0.25) is 9.59 Å². The molecule has 0 radical (unpaired) electrons. The number of carbonyl (C=O) groups is 2. The molecular weight excluding hydrogens is 270 g/mol. The van der Waals surface area contributed by atoms with Crippen LogP contribution in [0.15, 0.2) is 6.33 Å². The second-order valence-electron chi connectivity index (χ2n) is 4.35.